The molecule has 2 heterocycles. The van der Waals surface area contributed by atoms with Crippen LogP contribution in [0.15, 0.2) is 102 Å². The van der Waals surface area contributed by atoms with Crippen LogP contribution in [0.3, 0.4) is 0 Å². The lowest BCUT2D eigenvalue weighted by molar-refractivity contribution is 0.282. The van der Waals surface area contributed by atoms with Crippen molar-refractivity contribution in [3.05, 3.63) is 120 Å². The summed E-state index contributed by atoms with van der Waals surface area (Å²) in [6, 6.07) is 25.2. The van der Waals surface area contributed by atoms with E-state index in [1.165, 1.54) is 18.0 Å². The molecule has 0 saturated carbocycles. The summed E-state index contributed by atoms with van der Waals surface area (Å²) in [6.45, 7) is 0.156. The van der Waals surface area contributed by atoms with Gasteiger partial charge in [-0.05, 0) is 80.4 Å². The minimum atomic E-state index is -0.367. The second-order valence-corrected chi connectivity index (χ2v) is 11.3. The molecular formula is C32H19Br2ClN4O4. The van der Waals surface area contributed by atoms with Crippen molar-refractivity contribution < 1.29 is 13.9 Å². The van der Waals surface area contributed by atoms with E-state index >= 15 is 0 Å². The van der Waals surface area contributed by atoms with E-state index in [1.54, 1.807) is 60.7 Å². The van der Waals surface area contributed by atoms with Gasteiger partial charge < -0.3 is 13.9 Å². The standard InChI is InChI=1S/C32H19Br2ClN4O4/c1-41-26-14-21(28(33)29(34)30(26)42-17-19-7-3-2-6-18(19)15-36)16-37-39-31(38-24-9-5-4-8-23(24)32(39)40)27-13-20-12-22(35)10-11-25(20)43-27/h2-14,16H,17H2,1H3. The first-order valence-electron chi connectivity index (χ1n) is 12.8. The minimum Gasteiger partial charge on any atom is -0.493 e. The zero-order valence-electron chi connectivity index (χ0n) is 22.3. The molecule has 0 saturated heterocycles. The Bertz CT molecular complexity index is 2170. The molecule has 0 amide bonds. The first kappa shape index (κ1) is 28.7. The number of hydrogen-bond acceptors (Lipinski definition) is 7. The van der Waals surface area contributed by atoms with Crippen LogP contribution in [0.1, 0.15) is 16.7 Å². The smallest absolute Gasteiger partial charge is 0.282 e. The van der Waals surface area contributed by atoms with Crippen molar-refractivity contribution in [2.75, 3.05) is 7.11 Å². The summed E-state index contributed by atoms with van der Waals surface area (Å²) in [5, 5.41) is 15.7. The maximum atomic E-state index is 13.7. The van der Waals surface area contributed by atoms with Gasteiger partial charge in [-0.3, -0.25) is 4.79 Å². The Balaban J connectivity index is 1.43. The molecule has 43 heavy (non-hydrogen) atoms. The van der Waals surface area contributed by atoms with E-state index in [-0.39, 0.29) is 18.0 Å². The van der Waals surface area contributed by atoms with Crippen LogP contribution >= 0.6 is 43.5 Å². The molecule has 0 unspecified atom stereocenters. The Morgan fingerprint density at radius 3 is 2.67 bits per heavy atom. The van der Waals surface area contributed by atoms with Crippen molar-refractivity contribution in [1.82, 2.24) is 9.66 Å². The van der Waals surface area contributed by atoms with Crippen LogP contribution in [0, 0.1) is 11.3 Å². The fourth-order valence-electron chi connectivity index (χ4n) is 4.52. The van der Waals surface area contributed by atoms with Crippen molar-refractivity contribution in [2.24, 2.45) is 5.10 Å². The van der Waals surface area contributed by atoms with Gasteiger partial charge >= 0.3 is 0 Å². The highest BCUT2D eigenvalue weighted by atomic mass is 79.9. The molecule has 4 aromatic carbocycles. The lowest BCUT2D eigenvalue weighted by atomic mass is 10.1. The van der Waals surface area contributed by atoms with E-state index < -0.39 is 0 Å². The van der Waals surface area contributed by atoms with Gasteiger partial charge in [0.1, 0.15) is 12.2 Å². The third-order valence-corrected chi connectivity index (χ3v) is 9.03. The lowest BCUT2D eigenvalue weighted by Gasteiger charge is -2.16. The van der Waals surface area contributed by atoms with Gasteiger partial charge in [0.05, 0.1) is 40.3 Å². The minimum absolute atomic E-state index is 0.156. The number of methoxy groups -OCH3 is 1. The van der Waals surface area contributed by atoms with Crippen molar-refractivity contribution in [3.8, 4) is 29.2 Å². The van der Waals surface area contributed by atoms with Crippen molar-refractivity contribution in [2.45, 2.75) is 6.61 Å². The van der Waals surface area contributed by atoms with E-state index in [9.17, 15) is 10.1 Å². The number of ether oxygens (including phenoxy) is 2. The van der Waals surface area contributed by atoms with Crippen LogP contribution in [0.4, 0.5) is 0 Å². The predicted octanol–water partition coefficient (Wildman–Crippen LogP) is 8.33. The second-order valence-electron chi connectivity index (χ2n) is 9.29. The van der Waals surface area contributed by atoms with Gasteiger partial charge in [-0.1, -0.05) is 41.9 Å². The summed E-state index contributed by atoms with van der Waals surface area (Å²) in [5.74, 6) is 1.44. The molecule has 0 fully saturated rings. The summed E-state index contributed by atoms with van der Waals surface area (Å²) in [4.78, 5) is 18.4. The average molecular weight is 719 g/mol. The number of para-hydroxylation sites is 1. The number of halogens is 3. The molecule has 0 spiro atoms. The number of nitrogens with zero attached hydrogens (tertiary/aromatic N) is 4. The monoisotopic (exact) mass is 716 g/mol. The molecule has 0 bridgehead atoms. The van der Waals surface area contributed by atoms with E-state index in [0.717, 1.165) is 10.9 Å². The molecule has 8 nitrogen and oxygen atoms in total. The number of hydrogen-bond donors (Lipinski definition) is 0. The van der Waals surface area contributed by atoms with E-state index in [1.807, 2.05) is 18.2 Å². The van der Waals surface area contributed by atoms with Gasteiger partial charge in [-0.15, -0.1) is 0 Å². The lowest BCUT2D eigenvalue weighted by Crippen LogP contribution is -2.20. The molecule has 212 valence electrons. The predicted molar refractivity (Wildman–Crippen MR) is 173 cm³/mol. The third kappa shape index (κ3) is 5.55. The van der Waals surface area contributed by atoms with Crippen LogP contribution in [-0.2, 0) is 6.61 Å². The number of rotatable bonds is 7. The molecule has 11 heteroatoms. The number of aromatic nitrogens is 2. The first-order valence-corrected chi connectivity index (χ1v) is 14.8. The molecule has 6 aromatic rings. The Labute approximate surface area is 267 Å². The zero-order valence-corrected chi connectivity index (χ0v) is 26.3. The van der Waals surface area contributed by atoms with Gasteiger partial charge in [0.25, 0.3) is 5.56 Å². The zero-order chi connectivity index (χ0) is 30.1. The molecule has 0 atom stereocenters. The highest BCUT2D eigenvalue weighted by Gasteiger charge is 2.19. The Kier molecular flexibility index (Phi) is 8.04. The van der Waals surface area contributed by atoms with Gasteiger partial charge in [0.15, 0.2) is 17.3 Å². The van der Waals surface area contributed by atoms with E-state index in [0.29, 0.717) is 58.8 Å². The fraction of sp³-hybridized carbons (Fsp3) is 0.0625. The van der Waals surface area contributed by atoms with Gasteiger partial charge in [-0.2, -0.15) is 15.0 Å². The molecule has 2 aromatic heterocycles. The van der Waals surface area contributed by atoms with Crippen molar-refractivity contribution in [3.63, 3.8) is 0 Å². The number of furan rings is 1. The molecule has 6 rings (SSSR count). The van der Waals surface area contributed by atoms with Crippen LogP contribution in [0.25, 0.3) is 33.5 Å². The summed E-state index contributed by atoms with van der Waals surface area (Å²) in [5.41, 5.74) is 2.60. The van der Waals surface area contributed by atoms with Crippen LogP contribution < -0.4 is 15.0 Å². The fourth-order valence-corrected chi connectivity index (χ4v) is 5.64. The van der Waals surface area contributed by atoms with Gasteiger partial charge in [-0.25, -0.2) is 4.98 Å². The molecular weight excluding hydrogens is 700 g/mol. The average Bonchev–Trinajstić information content (AvgIpc) is 3.45. The first-order chi connectivity index (χ1) is 20.9. The summed E-state index contributed by atoms with van der Waals surface area (Å²) in [6.07, 6.45) is 1.52. The normalized spacial score (nSPS) is 11.3. The third-order valence-electron chi connectivity index (χ3n) is 6.65. The second kappa shape index (κ2) is 12.1. The topological polar surface area (TPSA) is 103 Å². The summed E-state index contributed by atoms with van der Waals surface area (Å²) >= 11 is 13.4. The van der Waals surface area contributed by atoms with Crippen LogP contribution in [0.2, 0.25) is 5.02 Å². The van der Waals surface area contributed by atoms with Crippen LogP contribution in [-0.4, -0.2) is 23.0 Å². The molecule has 0 aliphatic heterocycles. The number of nitriles is 1. The largest absolute Gasteiger partial charge is 0.493 e. The maximum absolute atomic E-state index is 13.7. The molecule has 0 radical (unpaired) electrons. The molecule has 0 aliphatic carbocycles. The van der Waals surface area contributed by atoms with Gasteiger partial charge in [0, 0.05) is 26.0 Å². The highest BCUT2D eigenvalue weighted by Crippen LogP contribution is 2.43. The SMILES string of the molecule is COc1cc(C=Nn2c(-c3cc4cc(Cl)ccc4o3)nc3ccccc3c2=O)c(Br)c(Br)c1OCc1ccccc1C#N. The quantitative estimate of drug-likeness (QED) is 0.154. The Hall–Kier alpha value is -4.43. The van der Waals surface area contributed by atoms with Gasteiger partial charge in [0.2, 0.25) is 5.82 Å². The highest BCUT2D eigenvalue weighted by molar-refractivity contribution is 9.13. The Morgan fingerprint density at radius 2 is 1.86 bits per heavy atom. The summed E-state index contributed by atoms with van der Waals surface area (Å²) < 4.78 is 20.2. The van der Waals surface area contributed by atoms with E-state index in [4.69, 9.17) is 30.5 Å². The molecule has 0 N–H and O–H groups in total. The summed E-state index contributed by atoms with van der Waals surface area (Å²) in [7, 11) is 1.52. The maximum Gasteiger partial charge on any atom is 0.282 e. The number of benzene rings is 4. The van der Waals surface area contributed by atoms with Crippen molar-refractivity contribution >= 4 is 71.5 Å². The van der Waals surface area contributed by atoms with Crippen LogP contribution in [0.5, 0.6) is 11.5 Å². The van der Waals surface area contributed by atoms with Crippen molar-refractivity contribution in [1.29, 1.82) is 5.26 Å². The van der Waals surface area contributed by atoms with E-state index in [2.05, 4.69) is 43.0 Å². The molecule has 0 aliphatic rings. The number of fused-ring (bicyclic) bond motifs is 2. The Morgan fingerprint density at radius 1 is 1.07 bits per heavy atom.